The van der Waals surface area contributed by atoms with Gasteiger partial charge in [-0.05, 0) is 12.1 Å². The first kappa shape index (κ1) is 19.7. The van der Waals surface area contributed by atoms with E-state index in [0.29, 0.717) is 11.1 Å². The molecule has 0 unspecified atom stereocenters. The highest BCUT2D eigenvalue weighted by molar-refractivity contribution is 7.99. The Morgan fingerprint density at radius 3 is 2.36 bits per heavy atom. The molecule has 7 nitrogen and oxygen atoms in total. The Morgan fingerprint density at radius 2 is 1.80 bits per heavy atom. The average Bonchev–Trinajstić information content (AvgIpc) is 2.90. The van der Waals surface area contributed by atoms with E-state index >= 15 is 0 Å². The van der Waals surface area contributed by atoms with Crippen LogP contribution in [0.2, 0.25) is 5.15 Å². The minimum atomic E-state index is -4.67. The van der Waals surface area contributed by atoms with Crippen molar-refractivity contribution < 1.29 is 17.5 Å². The van der Waals surface area contributed by atoms with Crippen molar-refractivity contribution in [2.75, 3.05) is 0 Å². The zero-order chi connectivity index (χ0) is 18.6. The van der Waals surface area contributed by atoms with Gasteiger partial charge in [0.2, 0.25) is 0 Å². The van der Waals surface area contributed by atoms with Gasteiger partial charge in [0.1, 0.15) is 11.0 Å². The van der Waals surface area contributed by atoms with E-state index in [1.54, 1.807) is 11.8 Å². The van der Waals surface area contributed by atoms with Crippen LogP contribution < -0.4 is 0 Å². The van der Waals surface area contributed by atoms with Crippen molar-refractivity contribution in [2.24, 2.45) is 0 Å². The van der Waals surface area contributed by atoms with E-state index in [1.165, 1.54) is 0 Å². The lowest BCUT2D eigenvalue weighted by Crippen LogP contribution is -2.02. The summed E-state index contributed by atoms with van der Waals surface area (Å²) in [5, 5.41) is 1.34. The highest BCUT2D eigenvalue weighted by Gasteiger charge is 2.14. The molecule has 0 radical (unpaired) electrons. The molecular weight excluding hydrogens is 386 g/mol. The maximum Gasteiger partial charge on any atom is 0.394 e. The molecule has 134 valence electrons. The standard InChI is InChI=1S/C15H14ClN3S.H2O4S/c1-10(2)14-17-9-11-8-13(16)18-15(19(11)14)20-12-6-4-3-5-7-12;1-5(2,3)4/h3-10H,1-2H3;(H2,1,2,3,4). The van der Waals surface area contributed by atoms with Gasteiger partial charge in [-0.15, -0.1) is 0 Å². The molecule has 2 aromatic heterocycles. The van der Waals surface area contributed by atoms with Crippen LogP contribution in [-0.2, 0) is 10.4 Å². The summed E-state index contributed by atoms with van der Waals surface area (Å²) in [5.74, 6) is 1.33. The molecule has 3 rings (SSSR count). The normalized spacial score (nSPS) is 11.4. The number of aromatic nitrogens is 3. The average molecular weight is 402 g/mol. The van der Waals surface area contributed by atoms with Gasteiger partial charge in [0.15, 0.2) is 5.16 Å². The zero-order valence-electron chi connectivity index (χ0n) is 13.4. The van der Waals surface area contributed by atoms with E-state index in [2.05, 4.69) is 40.3 Å². The van der Waals surface area contributed by atoms with Gasteiger partial charge in [0.25, 0.3) is 0 Å². The second-order valence-corrected chi connectivity index (χ2v) is 7.58. The molecular formula is C15H16ClN3O4S2. The third-order valence-electron chi connectivity index (χ3n) is 2.95. The SMILES string of the molecule is CC(C)c1ncc2cc(Cl)nc(Sc3ccccc3)n12.O=S(=O)(O)O. The number of hydrogen-bond donors (Lipinski definition) is 2. The second kappa shape index (κ2) is 8.15. The molecule has 0 bridgehead atoms. The van der Waals surface area contributed by atoms with Gasteiger partial charge in [-0.25, -0.2) is 9.97 Å². The highest BCUT2D eigenvalue weighted by Crippen LogP contribution is 2.30. The van der Waals surface area contributed by atoms with Crippen LogP contribution in [0, 0.1) is 0 Å². The summed E-state index contributed by atoms with van der Waals surface area (Å²) in [6, 6.07) is 12.0. The second-order valence-electron chi connectivity index (χ2n) is 5.26. The quantitative estimate of drug-likeness (QED) is 0.388. The summed E-state index contributed by atoms with van der Waals surface area (Å²) in [5.41, 5.74) is 0.979. The van der Waals surface area contributed by atoms with Crippen LogP contribution in [-0.4, -0.2) is 31.9 Å². The minimum absolute atomic E-state index is 0.329. The minimum Gasteiger partial charge on any atom is -0.275 e. The summed E-state index contributed by atoms with van der Waals surface area (Å²) in [6.07, 6.45) is 1.85. The number of nitrogens with zero attached hydrogens (tertiary/aromatic N) is 3. The Kier molecular flexibility index (Phi) is 6.42. The van der Waals surface area contributed by atoms with Gasteiger partial charge in [-0.2, -0.15) is 8.42 Å². The summed E-state index contributed by atoms with van der Waals surface area (Å²) in [6.45, 7) is 4.25. The van der Waals surface area contributed by atoms with Gasteiger partial charge >= 0.3 is 10.4 Å². The molecule has 1 aromatic carbocycles. The third-order valence-corrected chi connectivity index (χ3v) is 4.10. The van der Waals surface area contributed by atoms with Crippen LogP contribution in [0.25, 0.3) is 5.52 Å². The molecule has 0 aliphatic rings. The molecule has 0 aliphatic carbocycles. The molecule has 0 atom stereocenters. The maximum absolute atomic E-state index is 8.74. The van der Waals surface area contributed by atoms with Gasteiger partial charge in [-0.1, -0.05) is 55.4 Å². The van der Waals surface area contributed by atoms with Crippen molar-refractivity contribution in [1.82, 2.24) is 14.4 Å². The zero-order valence-corrected chi connectivity index (χ0v) is 15.8. The first-order valence-corrected chi connectivity index (χ1v) is 9.71. The van der Waals surface area contributed by atoms with Crippen LogP contribution in [0.5, 0.6) is 0 Å². The third kappa shape index (κ3) is 5.98. The molecule has 0 saturated heterocycles. The summed E-state index contributed by atoms with van der Waals surface area (Å²) < 4.78 is 33.7. The largest absolute Gasteiger partial charge is 0.394 e. The maximum atomic E-state index is 8.74. The highest BCUT2D eigenvalue weighted by atomic mass is 35.5. The van der Waals surface area contributed by atoms with Crippen molar-refractivity contribution in [2.45, 2.75) is 29.8 Å². The summed E-state index contributed by atoms with van der Waals surface area (Å²) in [7, 11) is -4.67. The molecule has 0 amide bonds. The van der Waals surface area contributed by atoms with E-state index in [9.17, 15) is 0 Å². The number of hydrogen-bond acceptors (Lipinski definition) is 5. The Balaban J connectivity index is 0.000000399. The fourth-order valence-corrected chi connectivity index (χ4v) is 3.24. The molecule has 0 aliphatic heterocycles. The molecule has 0 spiro atoms. The van der Waals surface area contributed by atoms with Crippen LogP contribution in [0.15, 0.2) is 52.6 Å². The number of rotatable bonds is 3. The van der Waals surface area contributed by atoms with Crippen LogP contribution in [0.3, 0.4) is 0 Å². The van der Waals surface area contributed by atoms with Crippen molar-refractivity contribution in [3.05, 3.63) is 53.6 Å². The van der Waals surface area contributed by atoms with Crippen LogP contribution in [0.1, 0.15) is 25.6 Å². The van der Waals surface area contributed by atoms with Crippen molar-refractivity contribution >= 4 is 39.3 Å². The van der Waals surface area contributed by atoms with E-state index in [4.69, 9.17) is 29.1 Å². The summed E-state index contributed by atoms with van der Waals surface area (Å²) >= 11 is 7.71. The lowest BCUT2D eigenvalue weighted by Gasteiger charge is -2.10. The smallest absolute Gasteiger partial charge is 0.275 e. The lowest BCUT2D eigenvalue weighted by molar-refractivity contribution is 0.381. The van der Waals surface area contributed by atoms with Crippen LogP contribution in [0.4, 0.5) is 0 Å². The number of imidazole rings is 1. The summed E-state index contributed by atoms with van der Waals surface area (Å²) in [4.78, 5) is 10.1. The number of benzene rings is 1. The fraction of sp³-hybridized carbons (Fsp3) is 0.200. The molecule has 25 heavy (non-hydrogen) atoms. The lowest BCUT2D eigenvalue weighted by atomic mass is 10.2. The van der Waals surface area contributed by atoms with E-state index < -0.39 is 10.4 Å². The van der Waals surface area contributed by atoms with Gasteiger partial charge in [0.05, 0.1) is 11.7 Å². The van der Waals surface area contributed by atoms with E-state index in [1.807, 2.05) is 30.5 Å². The van der Waals surface area contributed by atoms with Crippen molar-refractivity contribution in [3.63, 3.8) is 0 Å². The number of halogens is 1. The van der Waals surface area contributed by atoms with Gasteiger partial charge < -0.3 is 0 Å². The van der Waals surface area contributed by atoms with Gasteiger partial charge in [0, 0.05) is 16.9 Å². The molecule has 10 heteroatoms. The van der Waals surface area contributed by atoms with Gasteiger partial charge in [-0.3, -0.25) is 13.5 Å². The van der Waals surface area contributed by atoms with E-state index in [0.717, 1.165) is 21.4 Å². The first-order chi connectivity index (χ1) is 11.6. The first-order valence-electron chi connectivity index (χ1n) is 7.12. The fourth-order valence-electron chi connectivity index (χ4n) is 2.06. The Bertz CT molecular complexity index is 952. The van der Waals surface area contributed by atoms with Crippen molar-refractivity contribution in [1.29, 1.82) is 0 Å². The molecule has 2 heterocycles. The Labute approximate surface area is 154 Å². The predicted octanol–water partition coefficient (Wildman–Crippen LogP) is 4.00. The molecule has 2 N–H and O–H groups in total. The predicted molar refractivity (Wildman–Crippen MR) is 96.8 cm³/mol. The number of fused-ring (bicyclic) bond motifs is 1. The topological polar surface area (TPSA) is 105 Å². The van der Waals surface area contributed by atoms with E-state index in [-0.39, 0.29) is 0 Å². The van der Waals surface area contributed by atoms with Crippen molar-refractivity contribution in [3.8, 4) is 0 Å². The Morgan fingerprint density at radius 1 is 1.20 bits per heavy atom. The molecule has 0 fully saturated rings. The monoisotopic (exact) mass is 401 g/mol. The molecule has 3 aromatic rings. The van der Waals surface area contributed by atoms with Crippen LogP contribution >= 0.6 is 23.4 Å². The Hall–Kier alpha value is -1.65. The molecule has 0 saturated carbocycles.